The average Bonchev–Trinajstić information content (AvgIpc) is 3.03. The van der Waals surface area contributed by atoms with Crippen LogP contribution in [-0.4, -0.2) is 42.6 Å². The number of benzene rings is 4. The summed E-state index contributed by atoms with van der Waals surface area (Å²) in [4.78, 5) is 31.4. The van der Waals surface area contributed by atoms with Gasteiger partial charge in [-0.15, -0.1) is 0 Å². The van der Waals surface area contributed by atoms with Crippen molar-refractivity contribution in [3.8, 4) is 28.6 Å². The van der Waals surface area contributed by atoms with Crippen LogP contribution in [-0.2, 0) is 4.79 Å². The molecular formula is C35H34N4O5. The molecule has 0 unspecified atom stereocenters. The Balaban J connectivity index is 1.58. The summed E-state index contributed by atoms with van der Waals surface area (Å²) in [5, 5.41) is 7.88. The third-order valence-electron chi connectivity index (χ3n) is 7.14. The number of carbonyl (C=O) groups excluding carboxylic acids is 1. The van der Waals surface area contributed by atoms with E-state index >= 15 is 0 Å². The number of nitrogens with one attached hydrogen (secondary N) is 1. The molecule has 0 fully saturated rings. The molecule has 224 valence electrons. The number of nitrogens with zero attached hydrogens (tertiary/aromatic N) is 3. The molecule has 0 aliphatic carbocycles. The molecule has 5 aromatic rings. The minimum atomic E-state index is -0.335. The van der Waals surface area contributed by atoms with Crippen molar-refractivity contribution < 1.29 is 19.0 Å². The predicted octanol–water partition coefficient (Wildman–Crippen LogP) is 6.41. The standard InChI is InChI=1S/C35H34N4O5/c1-22(2)27-19-28(23(3)18-31(27)43-5)34-38-29-16-10-9-15-26(29)35(41)39(34)36-20-24-12-11-17-30(42-4)33(24)44-21-32(40)37-25-13-7-6-8-14-25/h6-20,22H,21H2,1-5H3,(H,37,40). The van der Waals surface area contributed by atoms with Crippen LogP contribution in [0, 0.1) is 6.92 Å². The van der Waals surface area contributed by atoms with Crippen molar-refractivity contribution in [2.75, 3.05) is 26.1 Å². The van der Waals surface area contributed by atoms with Gasteiger partial charge in [0.2, 0.25) is 0 Å². The normalized spacial score (nSPS) is 11.2. The Bertz CT molecular complexity index is 1900. The summed E-state index contributed by atoms with van der Waals surface area (Å²) < 4.78 is 18.4. The molecule has 0 atom stereocenters. The molecule has 1 amide bonds. The highest BCUT2D eigenvalue weighted by molar-refractivity contribution is 5.92. The molecule has 1 heterocycles. The number of hydrogen-bond donors (Lipinski definition) is 1. The molecule has 0 spiro atoms. The number of carbonyl (C=O) groups is 1. The Morgan fingerprint density at radius 1 is 0.955 bits per heavy atom. The molecule has 9 heteroatoms. The maximum atomic E-state index is 13.9. The first-order chi connectivity index (χ1) is 21.3. The van der Waals surface area contributed by atoms with Crippen LogP contribution in [0.15, 0.2) is 94.8 Å². The lowest BCUT2D eigenvalue weighted by Gasteiger charge is -2.17. The minimum absolute atomic E-state index is 0.170. The smallest absolute Gasteiger partial charge is 0.282 e. The maximum Gasteiger partial charge on any atom is 0.282 e. The van der Waals surface area contributed by atoms with Crippen molar-refractivity contribution in [2.45, 2.75) is 26.7 Å². The molecule has 1 N–H and O–H groups in total. The number of fused-ring (bicyclic) bond motifs is 1. The first-order valence-electron chi connectivity index (χ1n) is 14.2. The van der Waals surface area contributed by atoms with Crippen molar-refractivity contribution in [1.82, 2.24) is 9.66 Å². The lowest BCUT2D eigenvalue weighted by atomic mass is 9.96. The van der Waals surface area contributed by atoms with Crippen LogP contribution in [0.1, 0.15) is 36.5 Å². The summed E-state index contributed by atoms with van der Waals surface area (Å²) in [6, 6.07) is 25.5. The predicted molar refractivity (Wildman–Crippen MR) is 173 cm³/mol. The summed E-state index contributed by atoms with van der Waals surface area (Å²) in [5.41, 5.74) is 4.04. The van der Waals surface area contributed by atoms with Gasteiger partial charge in [-0.05, 0) is 72.5 Å². The quantitative estimate of drug-likeness (QED) is 0.189. The second-order valence-corrected chi connectivity index (χ2v) is 10.5. The van der Waals surface area contributed by atoms with Gasteiger partial charge in [0.1, 0.15) is 5.75 Å². The second-order valence-electron chi connectivity index (χ2n) is 10.5. The topological polar surface area (TPSA) is 104 Å². The number of methoxy groups -OCH3 is 2. The second kappa shape index (κ2) is 13.2. The van der Waals surface area contributed by atoms with Crippen molar-refractivity contribution >= 4 is 28.7 Å². The van der Waals surface area contributed by atoms with Crippen molar-refractivity contribution in [3.63, 3.8) is 0 Å². The van der Waals surface area contributed by atoms with E-state index < -0.39 is 0 Å². The van der Waals surface area contributed by atoms with E-state index in [4.69, 9.17) is 19.2 Å². The van der Waals surface area contributed by atoms with E-state index in [-0.39, 0.29) is 24.0 Å². The number of aryl methyl sites for hydroxylation is 1. The van der Waals surface area contributed by atoms with E-state index in [0.717, 1.165) is 22.4 Å². The van der Waals surface area contributed by atoms with Gasteiger partial charge in [0, 0.05) is 16.8 Å². The first-order valence-corrected chi connectivity index (χ1v) is 14.2. The van der Waals surface area contributed by atoms with Crippen LogP contribution in [0.3, 0.4) is 0 Å². The van der Waals surface area contributed by atoms with E-state index in [2.05, 4.69) is 24.3 Å². The van der Waals surface area contributed by atoms with Gasteiger partial charge in [0.05, 0.1) is 31.3 Å². The van der Waals surface area contributed by atoms with Crippen molar-refractivity contribution in [2.24, 2.45) is 5.10 Å². The third kappa shape index (κ3) is 6.32. The summed E-state index contributed by atoms with van der Waals surface area (Å²) in [6.45, 7) is 5.86. The summed E-state index contributed by atoms with van der Waals surface area (Å²) >= 11 is 0. The number of amides is 1. The molecule has 0 bridgehead atoms. The molecule has 9 nitrogen and oxygen atoms in total. The zero-order chi connectivity index (χ0) is 31.2. The molecule has 0 aliphatic heterocycles. The maximum absolute atomic E-state index is 13.9. The highest BCUT2D eigenvalue weighted by atomic mass is 16.5. The van der Waals surface area contributed by atoms with Gasteiger partial charge in [-0.3, -0.25) is 9.59 Å². The summed E-state index contributed by atoms with van der Waals surface area (Å²) in [7, 11) is 3.16. The van der Waals surface area contributed by atoms with Gasteiger partial charge >= 0.3 is 0 Å². The van der Waals surface area contributed by atoms with E-state index in [9.17, 15) is 9.59 Å². The first kappa shape index (κ1) is 30.0. The average molecular weight is 591 g/mol. The number of aromatic nitrogens is 2. The van der Waals surface area contributed by atoms with Crippen molar-refractivity contribution in [3.05, 3.63) is 112 Å². The zero-order valence-electron chi connectivity index (χ0n) is 25.3. The Hall–Kier alpha value is -5.44. The van der Waals surface area contributed by atoms with Crippen LogP contribution < -0.4 is 25.1 Å². The molecular weight excluding hydrogens is 556 g/mol. The molecule has 0 saturated carbocycles. The van der Waals surface area contributed by atoms with E-state index in [1.807, 2.05) is 49.4 Å². The van der Waals surface area contributed by atoms with Crippen molar-refractivity contribution in [1.29, 1.82) is 0 Å². The Morgan fingerprint density at radius 2 is 1.68 bits per heavy atom. The molecule has 0 saturated heterocycles. The number of rotatable bonds is 10. The Labute approximate surface area is 255 Å². The fourth-order valence-electron chi connectivity index (χ4n) is 4.90. The van der Waals surface area contributed by atoms with Gasteiger partial charge in [-0.25, -0.2) is 4.98 Å². The van der Waals surface area contributed by atoms with Crippen LogP contribution >= 0.6 is 0 Å². The van der Waals surface area contributed by atoms with Crippen LogP contribution in [0.25, 0.3) is 22.3 Å². The molecule has 1 aromatic heterocycles. The van der Waals surface area contributed by atoms with E-state index in [1.54, 1.807) is 49.6 Å². The minimum Gasteiger partial charge on any atom is -0.496 e. The monoisotopic (exact) mass is 590 g/mol. The highest BCUT2D eigenvalue weighted by Gasteiger charge is 2.19. The van der Waals surface area contributed by atoms with Gasteiger partial charge < -0.3 is 19.5 Å². The SMILES string of the molecule is COc1cc(C)c(-c2nc3ccccc3c(=O)n2N=Cc2cccc(OC)c2OCC(=O)Nc2ccccc2)cc1C(C)C. The summed E-state index contributed by atoms with van der Waals surface area (Å²) in [5.74, 6) is 1.72. The van der Waals surface area contributed by atoms with Gasteiger partial charge in [0.15, 0.2) is 23.9 Å². The largest absolute Gasteiger partial charge is 0.496 e. The number of ether oxygens (including phenoxy) is 3. The van der Waals surface area contributed by atoms with Gasteiger partial charge in [0.25, 0.3) is 11.5 Å². The molecule has 5 rings (SSSR count). The van der Waals surface area contributed by atoms with Gasteiger partial charge in [-0.1, -0.05) is 50.2 Å². The summed E-state index contributed by atoms with van der Waals surface area (Å²) in [6.07, 6.45) is 1.51. The molecule has 4 aromatic carbocycles. The van der Waals surface area contributed by atoms with Crippen LogP contribution in [0.2, 0.25) is 0 Å². The van der Waals surface area contributed by atoms with E-state index in [1.165, 1.54) is 18.0 Å². The van der Waals surface area contributed by atoms with Crippen LogP contribution in [0.5, 0.6) is 17.2 Å². The molecule has 0 aliphatic rings. The zero-order valence-corrected chi connectivity index (χ0v) is 25.3. The Morgan fingerprint density at radius 3 is 2.41 bits per heavy atom. The fourth-order valence-corrected chi connectivity index (χ4v) is 4.90. The number of hydrogen-bond acceptors (Lipinski definition) is 7. The highest BCUT2D eigenvalue weighted by Crippen LogP contribution is 2.34. The van der Waals surface area contributed by atoms with E-state index in [0.29, 0.717) is 39.5 Å². The molecule has 0 radical (unpaired) electrons. The fraction of sp³-hybridized carbons (Fsp3) is 0.200. The Kier molecular flexibility index (Phi) is 9.04. The number of para-hydroxylation sites is 3. The third-order valence-corrected chi connectivity index (χ3v) is 7.14. The van der Waals surface area contributed by atoms with Gasteiger partial charge in [-0.2, -0.15) is 9.78 Å². The lowest BCUT2D eigenvalue weighted by Crippen LogP contribution is -2.21. The molecule has 44 heavy (non-hydrogen) atoms. The lowest BCUT2D eigenvalue weighted by molar-refractivity contribution is -0.118. The van der Waals surface area contributed by atoms with Crippen LogP contribution in [0.4, 0.5) is 5.69 Å². The number of anilines is 1.